The maximum atomic E-state index is 13.8. The highest BCUT2D eigenvalue weighted by Crippen LogP contribution is 2.33. The van der Waals surface area contributed by atoms with Crippen LogP contribution in [0.2, 0.25) is 0 Å². The molecular weight excluding hydrogens is 486 g/mol. The number of methoxy groups -OCH3 is 1. The smallest absolute Gasteiger partial charge is 0.268 e. The molecule has 0 aliphatic carbocycles. The van der Waals surface area contributed by atoms with E-state index in [9.17, 15) is 23.5 Å². The molecule has 0 radical (unpaired) electrons. The first kappa shape index (κ1) is 26.1. The molecule has 0 saturated carbocycles. The maximum absolute atomic E-state index is 13.8. The minimum atomic E-state index is -1.04. The molecule has 0 spiro atoms. The van der Waals surface area contributed by atoms with Gasteiger partial charge in [-0.1, -0.05) is 24.3 Å². The Hall–Kier alpha value is -4.02. The van der Waals surface area contributed by atoms with Crippen molar-refractivity contribution in [1.82, 2.24) is 10.4 Å². The Labute approximate surface area is 212 Å². The van der Waals surface area contributed by atoms with Gasteiger partial charge in [-0.3, -0.25) is 14.4 Å². The molecule has 1 aliphatic rings. The average Bonchev–Trinajstić information content (AvgIpc) is 3.30. The Balaban J connectivity index is 1.44. The van der Waals surface area contributed by atoms with E-state index in [0.29, 0.717) is 22.4 Å². The van der Waals surface area contributed by atoms with Gasteiger partial charge in [-0.15, -0.1) is 0 Å². The Morgan fingerprint density at radius 3 is 2.49 bits per heavy atom. The van der Waals surface area contributed by atoms with E-state index in [2.05, 4.69) is 10.3 Å². The standard InChI is InChI=1S/C27H26F2N2O6/c1-35-24-14-22(29)21(28)13-20(24)17-6-8-19(9-7-17)37-15-16-4-3-5-18(12-16)27(34)31-11-10-23(32)25(31)26(33)30-36-2/h3-9,12-14,23,25,32H,10-11,15H2,1-2H3,(H,30,33)/t23-,25-/m0/s1. The number of aliphatic hydroxyl groups is 1. The van der Waals surface area contributed by atoms with Gasteiger partial charge in [0.25, 0.3) is 11.8 Å². The lowest BCUT2D eigenvalue weighted by atomic mass is 10.0. The number of hydrogen-bond donors (Lipinski definition) is 2. The molecule has 1 aliphatic heterocycles. The number of benzene rings is 3. The van der Waals surface area contributed by atoms with Crippen molar-refractivity contribution in [3.63, 3.8) is 0 Å². The van der Waals surface area contributed by atoms with Crippen LogP contribution < -0.4 is 15.0 Å². The first-order chi connectivity index (χ1) is 17.8. The van der Waals surface area contributed by atoms with Crippen molar-refractivity contribution in [3.8, 4) is 22.6 Å². The molecule has 0 unspecified atom stereocenters. The molecule has 4 rings (SSSR count). The van der Waals surface area contributed by atoms with Gasteiger partial charge in [-0.25, -0.2) is 14.3 Å². The maximum Gasteiger partial charge on any atom is 0.268 e. The van der Waals surface area contributed by atoms with Gasteiger partial charge < -0.3 is 19.5 Å². The van der Waals surface area contributed by atoms with Crippen LogP contribution >= 0.6 is 0 Å². The molecule has 2 atom stereocenters. The zero-order valence-electron chi connectivity index (χ0n) is 20.2. The van der Waals surface area contributed by atoms with Gasteiger partial charge in [-0.05, 0) is 47.9 Å². The van der Waals surface area contributed by atoms with Gasteiger partial charge >= 0.3 is 0 Å². The molecule has 0 aromatic heterocycles. The lowest BCUT2D eigenvalue weighted by molar-refractivity contribution is -0.137. The number of carbonyl (C=O) groups is 2. The number of nitrogens with one attached hydrogen (secondary N) is 1. The largest absolute Gasteiger partial charge is 0.496 e. The van der Waals surface area contributed by atoms with Crippen molar-refractivity contribution in [2.24, 2.45) is 0 Å². The normalized spacial score (nSPS) is 16.9. The van der Waals surface area contributed by atoms with Crippen LogP contribution in [0.4, 0.5) is 8.78 Å². The molecule has 194 valence electrons. The summed E-state index contributed by atoms with van der Waals surface area (Å²) in [6.45, 7) is 0.392. The summed E-state index contributed by atoms with van der Waals surface area (Å²) < 4.78 is 38.3. The second kappa shape index (κ2) is 11.4. The van der Waals surface area contributed by atoms with Crippen molar-refractivity contribution < 1.29 is 37.8 Å². The zero-order chi connectivity index (χ0) is 26.5. The lowest BCUT2D eigenvalue weighted by Crippen LogP contribution is -2.49. The predicted molar refractivity (Wildman–Crippen MR) is 130 cm³/mol. The minimum absolute atomic E-state index is 0.158. The monoisotopic (exact) mass is 512 g/mol. The van der Waals surface area contributed by atoms with Crippen molar-refractivity contribution in [2.45, 2.75) is 25.2 Å². The van der Waals surface area contributed by atoms with E-state index in [1.807, 2.05) is 0 Å². The SMILES string of the molecule is CONC(=O)[C@@H]1[C@@H](O)CCN1C(=O)c1cccc(COc2ccc(-c3cc(F)c(F)cc3OC)cc2)c1. The summed E-state index contributed by atoms with van der Waals surface area (Å²) in [6, 6.07) is 14.6. The van der Waals surface area contributed by atoms with Crippen molar-refractivity contribution in [1.29, 1.82) is 0 Å². The topological polar surface area (TPSA) is 97.3 Å². The van der Waals surface area contributed by atoms with Gasteiger partial charge in [0, 0.05) is 23.7 Å². The van der Waals surface area contributed by atoms with Crippen molar-refractivity contribution in [2.75, 3.05) is 20.8 Å². The highest BCUT2D eigenvalue weighted by molar-refractivity contribution is 5.98. The fraction of sp³-hybridized carbons (Fsp3) is 0.259. The average molecular weight is 513 g/mol. The molecule has 3 aromatic rings. The van der Waals surface area contributed by atoms with Crippen LogP contribution in [-0.2, 0) is 16.2 Å². The van der Waals surface area contributed by atoms with Crippen LogP contribution in [0.3, 0.4) is 0 Å². The Morgan fingerprint density at radius 2 is 1.78 bits per heavy atom. The molecule has 2 N–H and O–H groups in total. The summed E-state index contributed by atoms with van der Waals surface area (Å²) in [6.07, 6.45) is -0.706. The molecular formula is C27H26F2N2O6. The second-order valence-electron chi connectivity index (χ2n) is 8.45. The Bertz CT molecular complexity index is 1280. The van der Waals surface area contributed by atoms with Gasteiger partial charge in [-0.2, -0.15) is 0 Å². The molecule has 10 heteroatoms. The van der Waals surface area contributed by atoms with Crippen LogP contribution in [0.1, 0.15) is 22.3 Å². The van der Waals surface area contributed by atoms with Gasteiger partial charge in [0.05, 0.1) is 20.3 Å². The summed E-state index contributed by atoms with van der Waals surface area (Å²) in [5.41, 5.74) is 4.27. The summed E-state index contributed by atoms with van der Waals surface area (Å²) in [4.78, 5) is 31.3. The highest BCUT2D eigenvalue weighted by atomic mass is 19.2. The number of likely N-dealkylation sites (tertiary alicyclic amines) is 1. The first-order valence-corrected chi connectivity index (χ1v) is 11.5. The number of hydrogen-bond acceptors (Lipinski definition) is 6. The van der Waals surface area contributed by atoms with E-state index in [1.165, 1.54) is 19.1 Å². The number of halogens is 2. The molecule has 37 heavy (non-hydrogen) atoms. The first-order valence-electron chi connectivity index (χ1n) is 11.5. The van der Waals surface area contributed by atoms with Crippen molar-refractivity contribution >= 4 is 11.8 Å². The summed E-state index contributed by atoms with van der Waals surface area (Å²) >= 11 is 0. The molecule has 1 fully saturated rings. The minimum Gasteiger partial charge on any atom is -0.496 e. The number of aliphatic hydroxyl groups excluding tert-OH is 1. The molecule has 0 bridgehead atoms. The fourth-order valence-electron chi connectivity index (χ4n) is 4.26. The number of ether oxygens (including phenoxy) is 2. The quantitative estimate of drug-likeness (QED) is 0.449. The third kappa shape index (κ3) is 5.71. The Kier molecular flexibility index (Phi) is 8.00. The molecule has 1 saturated heterocycles. The van der Waals surface area contributed by atoms with E-state index in [4.69, 9.17) is 9.47 Å². The van der Waals surface area contributed by atoms with E-state index in [0.717, 1.165) is 17.7 Å². The van der Waals surface area contributed by atoms with Crippen LogP contribution in [0.25, 0.3) is 11.1 Å². The summed E-state index contributed by atoms with van der Waals surface area (Å²) in [7, 11) is 2.66. The third-order valence-electron chi connectivity index (χ3n) is 6.09. The summed E-state index contributed by atoms with van der Waals surface area (Å²) in [5.74, 6) is -2.21. The number of amides is 2. The van der Waals surface area contributed by atoms with E-state index in [-0.39, 0.29) is 31.2 Å². The summed E-state index contributed by atoms with van der Waals surface area (Å²) in [5, 5.41) is 10.2. The number of rotatable bonds is 8. The third-order valence-corrected chi connectivity index (χ3v) is 6.09. The van der Waals surface area contributed by atoms with E-state index < -0.39 is 29.7 Å². The van der Waals surface area contributed by atoms with Crippen molar-refractivity contribution in [3.05, 3.63) is 83.4 Å². The fourth-order valence-corrected chi connectivity index (χ4v) is 4.26. The zero-order valence-corrected chi connectivity index (χ0v) is 20.2. The number of nitrogens with zero attached hydrogens (tertiary/aromatic N) is 1. The lowest BCUT2D eigenvalue weighted by Gasteiger charge is -2.25. The number of hydroxylamine groups is 1. The Morgan fingerprint density at radius 1 is 1.05 bits per heavy atom. The van der Waals surface area contributed by atoms with Gasteiger partial charge in [0.2, 0.25) is 0 Å². The van der Waals surface area contributed by atoms with Crippen LogP contribution in [-0.4, -0.2) is 54.7 Å². The van der Waals surface area contributed by atoms with Crippen LogP contribution in [0, 0.1) is 11.6 Å². The van der Waals surface area contributed by atoms with Gasteiger partial charge in [0.1, 0.15) is 24.1 Å². The molecule has 2 amide bonds. The van der Waals surface area contributed by atoms with Crippen LogP contribution in [0.5, 0.6) is 11.5 Å². The van der Waals surface area contributed by atoms with E-state index in [1.54, 1.807) is 48.5 Å². The second-order valence-corrected chi connectivity index (χ2v) is 8.45. The molecule has 8 nitrogen and oxygen atoms in total. The number of carbonyl (C=O) groups excluding carboxylic acids is 2. The molecule has 1 heterocycles. The molecule has 3 aromatic carbocycles. The van der Waals surface area contributed by atoms with Crippen LogP contribution in [0.15, 0.2) is 60.7 Å². The van der Waals surface area contributed by atoms with E-state index >= 15 is 0 Å². The predicted octanol–water partition coefficient (Wildman–Crippen LogP) is 3.47. The highest BCUT2D eigenvalue weighted by Gasteiger charge is 2.41. The van der Waals surface area contributed by atoms with Gasteiger partial charge in [0.15, 0.2) is 11.6 Å².